The van der Waals surface area contributed by atoms with Gasteiger partial charge in [-0.25, -0.2) is 8.42 Å². The van der Waals surface area contributed by atoms with Crippen LogP contribution in [0.15, 0.2) is 88.9 Å². The van der Waals surface area contributed by atoms with E-state index < -0.39 is 32.3 Å². The number of nitrogens with two attached hydrogens (primary N) is 1. The van der Waals surface area contributed by atoms with Crippen LogP contribution in [0.1, 0.15) is 37.4 Å². The first-order valence-electron chi connectivity index (χ1n) is 10.7. The second kappa shape index (κ2) is 10.8. The summed E-state index contributed by atoms with van der Waals surface area (Å²) >= 11 is 1.61. The van der Waals surface area contributed by atoms with Gasteiger partial charge >= 0.3 is 29.6 Å². The standard InChI is InChI=1S/C26H19N3O5S2.Na/c27-24-21(36(32,33)34)12-20(22-23(24)26(31)19-6-2-1-5-18(19)25(22)30)29-16-7-9-17(10-8-16)35-14-15-4-3-11-28-13-15;/h1-13,29H,14,27H2,(H,32,33,34);/q;+1/p-1. The molecule has 1 aliphatic rings. The fourth-order valence-electron chi connectivity index (χ4n) is 4.04. The van der Waals surface area contributed by atoms with Crippen molar-refractivity contribution >= 4 is 50.5 Å². The van der Waals surface area contributed by atoms with Crippen LogP contribution in [0.4, 0.5) is 17.1 Å². The van der Waals surface area contributed by atoms with Crippen LogP contribution in [0.2, 0.25) is 0 Å². The van der Waals surface area contributed by atoms with Crippen molar-refractivity contribution in [1.29, 1.82) is 0 Å². The van der Waals surface area contributed by atoms with Gasteiger partial charge < -0.3 is 15.6 Å². The first-order valence-corrected chi connectivity index (χ1v) is 13.1. The number of nitrogens with zero attached hydrogens (tertiary/aromatic N) is 1. The van der Waals surface area contributed by atoms with Crippen LogP contribution in [0, 0.1) is 0 Å². The molecule has 0 saturated heterocycles. The van der Waals surface area contributed by atoms with Gasteiger partial charge in [0.25, 0.3) is 0 Å². The summed E-state index contributed by atoms with van der Waals surface area (Å²) in [7, 11) is -5.03. The molecule has 1 heterocycles. The summed E-state index contributed by atoms with van der Waals surface area (Å²) in [6.45, 7) is 0. The summed E-state index contributed by atoms with van der Waals surface area (Å²) < 4.78 is 35.8. The van der Waals surface area contributed by atoms with E-state index >= 15 is 0 Å². The molecule has 0 fully saturated rings. The average Bonchev–Trinajstić information content (AvgIpc) is 2.87. The van der Waals surface area contributed by atoms with Crippen LogP contribution in [0.25, 0.3) is 0 Å². The molecule has 1 aromatic heterocycles. The topological polar surface area (TPSA) is 142 Å². The number of anilines is 3. The third kappa shape index (κ3) is 5.35. The SMILES string of the molecule is Nc1c(S(=O)(=O)[O-])cc(Nc2ccc(SCc3cccnc3)cc2)c2c1C(=O)c1ccccc1C2=O.[Na+]. The van der Waals surface area contributed by atoms with Crippen LogP contribution >= 0.6 is 11.8 Å². The third-order valence-electron chi connectivity index (χ3n) is 5.73. The molecule has 0 saturated carbocycles. The van der Waals surface area contributed by atoms with Gasteiger partial charge in [0.15, 0.2) is 11.6 Å². The van der Waals surface area contributed by atoms with Gasteiger partial charge in [0.2, 0.25) is 0 Å². The Hall–Kier alpha value is -2.99. The van der Waals surface area contributed by atoms with E-state index in [1.165, 1.54) is 12.1 Å². The van der Waals surface area contributed by atoms with E-state index in [9.17, 15) is 22.6 Å². The van der Waals surface area contributed by atoms with Gasteiger partial charge in [0, 0.05) is 39.9 Å². The van der Waals surface area contributed by atoms with Crippen molar-refractivity contribution in [1.82, 2.24) is 4.98 Å². The zero-order chi connectivity index (χ0) is 25.4. The van der Waals surface area contributed by atoms with E-state index in [4.69, 9.17) is 5.73 Å². The maximum Gasteiger partial charge on any atom is 1.00 e. The first-order chi connectivity index (χ1) is 17.2. The Bertz CT molecular complexity index is 1630. The van der Waals surface area contributed by atoms with E-state index in [-0.39, 0.29) is 57.5 Å². The molecule has 0 bridgehead atoms. The van der Waals surface area contributed by atoms with Crippen LogP contribution in [0.3, 0.4) is 0 Å². The molecule has 11 heteroatoms. The van der Waals surface area contributed by atoms with Gasteiger partial charge in [-0.3, -0.25) is 14.6 Å². The molecule has 0 spiro atoms. The molecule has 3 aromatic carbocycles. The monoisotopic (exact) mass is 539 g/mol. The normalized spacial score (nSPS) is 12.4. The summed E-state index contributed by atoms with van der Waals surface area (Å²) in [5, 5.41) is 3.00. The van der Waals surface area contributed by atoms with Gasteiger partial charge in [0.1, 0.15) is 10.1 Å². The van der Waals surface area contributed by atoms with E-state index in [1.807, 2.05) is 24.3 Å². The summed E-state index contributed by atoms with van der Waals surface area (Å²) in [5.74, 6) is -0.381. The van der Waals surface area contributed by atoms with E-state index in [1.54, 1.807) is 48.4 Å². The predicted octanol–water partition coefficient (Wildman–Crippen LogP) is 1.38. The molecule has 0 amide bonds. The Balaban J connectivity index is 0.00000320. The molecule has 4 aromatic rings. The smallest absolute Gasteiger partial charge is 0.744 e. The summed E-state index contributed by atoms with van der Waals surface area (Å²) in [5.41, 5.74) is 6.98. The molecule has 5 rings (SSSR count). The minimum absolute atomic E-state index is 0. The van der Waals surface area contributed by atoms with E-state index in [2.05, 4.69) is 10.3 Å². The fourth-order valence-corrected chi connectivity index (χ4v) is 5.51. The van der Waals surface area contributed by atoms with Crippen molar-refractivity contribution in [2.24, 2.45) is 0 Å². The minimum atomic E-state index is -5.03. The number of carbonyl (C=O) groups excluding carboxylic acids is 2. The van der Waals surface area contributed by atoms with Crippen molar-refractivity contribution < 1.29 is 52.1 Å². The van der Waals surface area contributed by atoms with Crippen molar-refractivity contribution in [2.45, 2.75) is 15.5 Å². The van der Waals surface area contributed by atoms with Crippen LogP contribution < -0.4 is 40.6 Å². The third-order valence-corrected chi connectivity index (χ3v) is 7.69. The number of benzene rings is 3. The number of ketones is 2. The number of nitrogens with one attached hydrogen (secondary N) is 1. The molecule has 3 N–H and O–H groups in total. The largest absolute Gasteiger partial charge is 1.00 e. The Morgan fingerprint density at radius 3 is 2.16 bits per heavy atom. The Morgan fingerprint density at radius 1 is 0.919 bits per heavy atom. The number of carbonyl (C=O) groups is 2. The fraction of sp³-hybridized carbons (Fsp3) is 0.0385. The second-order valence-electron chi connectivity index (χ2n) is 8.04. The number of thioether (sulfide) groups is 1. The number of hydrogen-bond acceptors (Lipinski definition) is 9. The molecule has 0 radical (unpaired) electrons. The zero-order valence-electron chi connectivity index (χ0n) is 19.6. The Labute approximate surface area is 239 Å². The minimum Gasteiger partial charge on any atom is -0.744 e. The van der Waals surface area contributed by atoms with Gasteiger partial charge in [-0.2, -0.15) is 0 Å². The number of rotatable bonds is 6. The quantitative estimate of drug-likeness (QED) is 0.142. The van der Waals surface area contributed by atoms with E-state index in [0.29, 0.717) is 5.69 Å². The molecule has 37 heavy (non-hydrogen) atoms. The molecular formula is C26H18N3NaO5S2. The van der Waals surface area contributed by atoms with Crippen molar-refractivity contribution in [3.05, 3.63) is 107 Å². The molecule has 0 unspecified atom stereocenters. The number of pyridine rings is 1. The second-order valence-corrected chi connectivity index (χ2v) is 10.4. The summed E-state index contributed by atoms with van der Waals surface area (Å²) in [4.78, 5) is 30.9. The Morgan fingerprint density at radius 2 is 1.57 bits per heavy atom. The predicted molar refractivity (Wildman–Crippen MR) is 136 cm³/mol. The molecule has 180 valence electrons. The zero-order valence-corrected chi connectivity index (χ0v) is 23.2. The maximum absolute atomic E-state index is 13.4. The van der Waals surface area contributed by atoms with Gasteiger partial charge in [-0.05, 0) is 42.0 Å². The van der Waals surface area contributed by atoms with Crippen molar-refractivity contribution in [3.63, 3.8) is 0 Å². The molecular weight excluding hydrogens is 521 g/mol. The van der Waals surface area contributed by atoms with Gasteiger partial charge in [-0.15, -0.1) is 11.8 Å². The first kappa shape index (κ1) is 27.1. The van der Waals surface area contributed by atoms with Crippen LogP contribution in [-0.2, 0) is 15.9 Å². The van der Waals surface area contributed by atoms with Crippen LogP contribution in [0.5, 0.6) is 0 Å². The number of hydrogen-bond donors (Lipinski definition) is 2. The van der Waals surface area contributed by atoms with Gasteiger partial charge in [0.05, 0.1) is 27.4 Å². The van der Waals surface area contributed by atoms with Gasteiger partial charge in [-0.1, -0.05) is 30.3 Å². The van der Waals surface area contributed by atoms with Crippen LogP contribution in [-0.4, -0.2) is 29.5 Å². The molecule has 0 aliphatic heterocycles. The average molecular weight is 540 g/mol. The Kier molecular flexibility index (Phi) is 7.88. The number of fused-ring (bicyclic) bond motifs is 2. The summed E-state index contributed by atoms with van der Waals surface area (Å²) in [6, 6.07) is 18.3. The number of aromatic nitrogens is 1. The molecule has 8 nitrogen and oxygen atoms in total. The molecule has 1 aliphatic carbocycles. The van der Waals surface area contributed by atoms with Crippen molar-refractivity contribution in [3.8, 4) is 0 Å². The number of nitrogen functional groups attached to an aromatic ring is 1. The molecule has 0 atom stereocenters. The maximum atomic E-state index is 13.4. The van der Waals surface area contributed by atoms with Crippen molar-refractivity contribution in [2.75, 3.05) is 11.1 Å². The summed E-state index contributed by atoms with van der Waals surface area (Å²) in [6.07, 6.45) is 3.51. The van der Waals surface area contributed by atoms with E-state index in [0.717, 1.165) is 22.3 Å².